The predicted octanol–water partition coefficient (Wildman–Crippen LogP) is 2.98. The van der Waals surface area contributed by atoms with Gasteiger partial charge in [-0.2, -0.15) is 0 Å². The van der Waals surface area contributed by atoms with Crippen molar-refractivity contribution in [3.05, 3.63) is 64.2 Å². The molecule has 0 spiro atoms. The zero-order valence-corrected chi connectivity index (χ0v) is 11.2. The van der Waals surface area contributed by atoms with Gasteiger partial charge in [-0.05, 0) is 11.6 Å². The molecule has 0 aliphatic heterocycles. The Morgan fingerprint density at radius 2 is 1.81 bits per heavy atom. The minimum atomic E-state index is -0.516. The minimum absolute atomic E-state index is 0.00986. The number of benzene rings is 2. The lowest BCUT2D eigenvalue weighted by molar-refractivity contribution is -0.386. The van der Waals surface area contributed by atoms with Crippen LogP contribution in [0.5, 0.6) is 11.5 Å². The molecule has 6 nitrogen and oxygen atoms in total. The number of hydrogen-bond acceptors (Lipinski definition) is 4. The van der Waals surface area contributed by atoms with Crippen LogP contribution in [0.3, 0.4) is 0 Å². The van der Waals surface area contributed by atoms with Crippen molar-refractivity contribution in [3.63, 3.8) is 0 Å². The molecule has 0 N–H and O–H groups in total. The van der Waals surface area contributed by atoms with Gasteiger partial charge in [0.15, 0.2) is 0 Å². The maximum atomic E-state index is 11.0. The first-order valence-electron chi connectivity index (χ1n) is 6.37. The van der Waals surface area contributed by atoms with Crippen molar-refractivity contribution in [2.75, 3.05) is 13.2 Å². The molecule has 0 atom stereocenters. The van der Waals surface area contributed by atoms with E-state index in [-0.39, 0.29) is 31.3 Å². The average molecular weight is 288 g/mol. The topological polar surface area (TPSA) is 81.5 Å². The van der Waals surface area contributed by atoms with E-state index in [9.17, 15) is 15.2 Å². The van der Waals surface area contributed by atoms with Crippen molar-refractivity contribution in [1.29, 1.82) is 0 Å². The smallest absolute Gasteiger partial charge is 0.311 e. The monoisotopic (exact) mass is 288 g/mol. The fourth-order valence-electron chi connectivity index (χ4n) is 1.75. The van der Waals surface area contributed by atoms with Crippen LogP contribution in [0.4, 0.5) is 5.69 Å². The van der Waals surface area contributed by atoms with E-state index in [4.69, 9.17) is 9.47 Å². The minimum Gasteiger partial charge on any atom is -0.491 e. The van der Waals surface area contributed by atoms with E-state index in [0.29, 0.717) is 5.75 Å². The molecule has 2 rings (SSSR count). The molecule has 1 radical (unpaired) electrons. The van der Waals surface area contributed by atoms with E-state index >= 15 is 0 Å². The second kappa shape index (κ2) is 7.25. The zero-order valence-electron chi connectivity index (χ0n) is 11.2. The van der Waals surface area contributed by atoms with Crippen molar-refractivity contribution >= 4 is 5.69 Å². The van der Waals surface area contributed by atoms with Crippen LogP contribution in [0.2, 0.25) is 0 Å². The predicted molar refractivity (Wildman–Crippen MR) is 74.9 cm³/mol. The summed E-state index contributed by atoms with van der Waals surface area (Å²) in [5, 5.41) is 21.4. The molecular formula is C15H14NO5. The Balaban J connectivity index is 2.16. The highest BCUT2D eigenvalue weighted by molar-refractivity contribution is 5.50. The van der Waals surface area contributed by atoms with E-state index in [1.54, 1.807) is 0 Å². The normalized spacial score (nSPS) is 10.1. The van der Waals surface area contributed by atoms with E-state index in [1.807, 2.05) is 30.3 Å². The van der Waals surface area contributed by atoms with Gasteiger partial charge in [-0.3, -0.25) is 10.1 Å². The maximum absolute atomic E-state index is 11.0. The summed E-state index contributed by atoms with van der Waals surface area (Å²) in [6.07, 6.45) is 0. The quantitative estimate of drug-likeness (QED) is 0.579. The summed E-state index contributed by atoms with van der Waals surface area (Å²) in [6, 6.07) is 13.5. The summed E-state index contributed by atoms with van der Waals surface area (Å²) in [5.74, 6) is 0.492. The average Bonchev–Trinajstić information content (AvgIpc) is 2.51. The van der Waals surface area contributed by atoms with E-state index in [0.717, 1.165) is 5.56 Å². The molecule has 0 aliphatic rings. The molecule has 21 heavy (non-hydrogen) atoms. The highest BCUT2D eigenvalue weighted by atomic mass is 16.6. The summed E-state index contributed by atoms with van der Waals surface area (Å²) < 4.78 is 10.7. The van der Waals surface area contributed by atoms with Crippen LogP contribution in [0.25, 0.3) is 0 Å². The third-order valence-corrected chi connectivity index (χ3v) is 2.72. The molecule has 0 heterocycles. The van der Waals surface area contributed by atoms with Gasteiger partial charge in [-0.15, -0.1) is 0 Å². The fourth-order valence-corrected chi connectivity index (χ4v) is 1.75. The number of nitro groups is 1. The molecule has 0 amide bonds. The number of nitro benzene ring substituents is 1. The Kier molecular flexibility index (Phi) is 5.11. The van der Waals surface area contributed by atoms with Crippen molar-refractivity contribution in [3.8, 4) is 11.5 Å². The van der Waals surface area contributed by atoms with E-state index in [1.165, 1.54) is 18.2 Å². The third-order valence-electron chi connectivity index (χ3n) is 2.72. The fraction of sp³-hybridized carbons (Fsp3) is 0.200. The molecule has 2 aromatic rings. The summed E-state index contributed by atoms with van der Waals surface area (Å²) in [5.41, 5.74) is 0.762. The van der Waals surface area contributed by atoms with Gasteiger partial charge >= 0.3 is 5.69 Å². The van der Waals surface area contributed by atoms with Gasteiger partial charge in [-0.25, -0.2) is 5.11 Å². The van der Waals surface area contributed by atoms with Gasteiger partial charge in [0.05, 0.1) is 4.92 Å². The molecule has 0 saturated heterocycles. The first kappa shape index (κ1) is 14.8. The van der Waals surface area contributed by atoms with Crippen LogP contribution in [-0.4, -0.2) is 18.1 Å². The molecule has 0 aromatic heterocycles. The second-order valence-electron chi connectivity index (χ2n) is 4.21. The van der Waals surface area contributed by atoms with Crippen molar-refractivity contribution in [1.82, 2.24) is 0 Å². The molecule has 2 aromatic carbocycles. The second-order valence-corrected chi connectivity index (χ2v) is 4.21. The first-order chi connectivity index (χ1) is 10.2. The van der Waals surface area contributed by atoms with Crippen molar-refractivity contribution < 1.29 is 19.5 Å². The summed E-state index contributed by atoms with van der Waals surface area (Å²) in [4.78, 5) is 10.5. The molecule has 0 fully saturated rings. The number of ether oxygens (including phenoxy) is 2. The maximum Gasteiger partial charge on any atom is 0.311 e. The molecule has 0 saturated carbocycles. The van der Waals surface area contributed by atoms with Gasteiger partial charge in [0.1, 0.15) is 25.6 Å². The van der Waals surface area contributed by atoms with Gasteiger partial charge in [0, 0.05) is 12.1 Å². The largest absolute Gasteiger partial charge is 0.491 e. The first-order valence-corrected chi connectivity index (χ1v) is 6.37. The van der Waals surface area contributed by atoms with Crippen LogP contribution in [0.1, 0.15) is 5.56 Å². The standard InChI is InChI=1S/C15H14NO5/c17-8-9-20-13-6-7-14(16(18)19)15(10-13)21-11-12-4-2-1-3-5-12/h1-7,10H,8-9,11H2. The number of rotatable bonds is 7. The third kappa shape index (κ3) is 4.19. The van der Waals surface area contributed by atoms with Crippen LogP contribution >= 0.6 is 0 Å². The highest BCUT2D eigenvalue weighted by Gasteiger charge is 2.16. The Morgan fingerprint density at radius 1 is 1.05 bits per heavy atom. The lowest BCUT2D eigenvalue weighted by Gasteiger charge is -2.09. The Bertz CT molecular complexity index is 600. The van der Waals surface area contributed by atoms with Gasteiger partial charge in [-0.1, -0.05) is 30.3 Å². The van der Waals surface area contributed by atoms with Crippen LogP contribution in [0.15, 0.2) is 48.5 Å². The molecule has 6 heteroatoms. The Labute approximate surface area is 121 Å². The summed E-state index contributed by atoms with van der Waals surface area (Å²) >= 11 is 0. The number of nitrogens with zero attached hydrogens (tertiary/aromatic N) is 1. The van der Waals surface area contributed by atoms with Crippen molar-refractivity contribution in [2.24, 2.45) is 0 Å². The molecule has 0 aliphatic carbocycles. The van der Waals surface area contributed by atoms with E-state index in [2.05, 4.69) is 0 Å². The number of hydrogen-bond donors (Lipinski definition) is 0. The highest BCUT2D eigenvalue weighted by Crippen LogP contribution is 2.31. The van der Waals surface area contributed by atoms with Crippen LogP contribution in [-0.2, 0) is 11.7 Å². The summed E-state index contributed by atoms with van der Waals surface area (Å²) in [6.45, 7) is -0.153. The SMILES string of the molecule is [O]CCOc1ccc([N+](=O)[O-])c(OCc2ccccc2)c1. The van der Waals surface area contributed by atoms with Crippen molar-refractivity contribution in [2.45, 2.75) is 6.61 Å². The molecule has 109 valence electrons. The lowest BCUT2D eigenvalue weighted by atomic mass is 10.2. The molecule has 0 bridgehead atoms. The van der Waals surface area contributed by atoms with Crippen LogP contribution in [0, 0.1) is 10.1 Å². The van der Waals surface area contributed by atoms with Gasteiger partial charge in [0.25, 0.3) is 0 Å². The van der Waals surface area contributed by atoms with Crippen LogP contribution < -0.4 is 9.47 Å². The van der Waals surface area contributed by atoms with E-state index < -0.39 is 4.92 Å². The van der Waals surface area contributed by atoms with Gasteiger partial charge < -0.3 is 9.47 Å². The van der Waals surface area contributed by atoms with Gasteiger partial charge in [0.2, 0.25) is 5.75 Å². The Hall–Kier alpha value is -2.60. The summed E-state index contributed by atoms with van der Waals surface area (Å²) in [7, 11) is 0. The molecular weight excluding hydrogens is 274 g/mol. The molecule has 0 unspecified atom stereocenters. The lowest BCUT2D eigenvalue weighted by Crippen LogP contribution is -2.03. The zero-order chi connectivity index (χ0) is 15.1. The Morgan fingerprint density at radius 3 is 2.48 bits per heavy atom.